The molecule has 0 radical (unpaired) electrons. The summed E-state index contributed by atoms with van der Waals surface area (Å²) in [6.07, 6.45) is 0.663. The average Bonchev–Trinajstić information content (AvgIpc) is 1.59. The Hall–Kier alpha value is 0.654. The molecule has 3 N–H and O–H groups in total. The summed E-state index contributed by atoms with van der Waals surface area (Å²) in [4.78, 5) is 24.5. The van der Waals surface area contributed by atoms with E-state index in [1.165, 1.54) is 0 Å². The summed E-state index contributed by atoms with van der Waals surface area (Å²) < 4.78 is 4.18. The van der Waals surface area contributed by atoms with E-state index in [0.717, 1.165) is 0 Å². The molecule has 0 atom stereocenters. The van der Waals surface area contributed by atoms with Crippen LogP contribution in [0.5, 0.6) is 0 Å². The molecule has 0 aromatic carbocycles. The van der Waals surface area contributed by atoms with Crippen LogP contribution in [-0.2, 0) is 4.43 Å². The Labute approximate surface area is 67.1 Å². The maximum atomic E-state index is 8.18. The van der Waals surface area contributed by atoms with Crippen molar-refractivity contribution in [2.75, 3.05) is 6.61 Å². The minimum absolute atomic E-state index is 0. The van der Waals surface area contributed by atoms with Crippen molar-refractivity contribution in [1.29, 1.82) is 0 Å². The van der Waals surface area contributed by atoms with Gasteiger partial charge in [0.1, 0.15) is 0 Å². The first-order chi connectivity index (χ1) is 3.56. The second kappa shape index (κ2) is 5.44. The fraction of sp³-hybridized carbons (Fsp3) is 1.00. The van der Waals surface area contributed by atoms with Crippen LogP contribution in [0.1, 0.15) is 13.3 Å². The molecule has 0 heterocycles. The van der Waals surface area contributed by atoms with Crippen LogP contribution >= 0.6 is 0 Å². The van der Waals surface area contributed by atoms with Crippen LogP contribution in [-0.4, -0.2) is 48.9 Å². The molecule has 9 heavy (non-hydrogen) atoms. The van der Waals surface area contributed by atoms with Crippen molar-refractivity contribution in [1.82, 2.24) is 0 Å². The van der Waals surface area contributed by atoms with Gasteiger partial charge in [-0.2, -0.15) is 0 Å². The quantitative estimate of drug-likeness (QED) is 0.410. The molecular formula is C3H11LiO4Si. The molecule has 0 rings (SSSR count). The summed E-state index contributed by atoms with van der Waals surface area (Å²) in [5.41, 5.74) is 0. The van der Waals surface area contributed by atoms with E-state index in [4.69, 9.17) is 14.4 Å². The van der Waals surface area contributed by atoms with Gasteiger partial charge >= 0.3 is 27.9 Å². The van der Waals surface area contributed by atoms with Crippen LogP contribution < -0.4 is 0 Å². The zero-order valence-electron chi connectivity index (χ0n) is 4.66. The zero-order chi connectivity index (χ0) is 6.62. The van der Waals surface area contributed by atoms with Crippen LogP contribution in [0.4, 0.5) is 0 Å². The molecule has 0 fully saturated rings. The number of hydrogen-bond donors (Lipinski definition) is 3. The van der Waals surface area contributed by atoms with Crippen molar-refractivity contribution in [2.24, 2.45) is 0 Å². The van der Waals surface area contributed by atoms with E-state index >= 15 is 0 Å². The molecule has 6 heteroatoms. The molecule has 0 aromatic rings. The van der Waals surface area contributed by atoms with Gasteiger partial charge in [-0.25, -0.2) is 0 Å². The Morgan fingerprint density at radius 3 is 1.89 bits per heavy atom. The van der Waals surface area contributed by atoms with Gasteiger partial charge in [-0.05, 0) is 6.42 Å². The Morgan fingerprint density at radius 1 is 1.33 bits per heavy atom. The summed E-state index contributed by atoms with van der Waals surface area (Å²) in [5.74, 6) is 0. The monoisotopic (exact) mass is 146 g/mol. The van der Waals surface area contributed by atoms with Gasteiger partial charge in [0.15, 0.2) is 0 Å². The first kappa shape index (κ1) is 12.3. The van der Waals surface area contributed by atoms with Crippen LogP contribution in [0.2, 0.25) is 0 Å². The van der Waals surface area contributed by atoms with Gasteiger partial charge in [-0.1, -0.05) is 6.92 Å². The van der Waals surface area contributed by atoms with Gasteiger partial charge in [-0.15, -0.1) is 0 Å². The third kappa shape index (κ3) is 12.0. The SMILES string of the molecule is CCCO[Si](O)(O)O.[LiH]. The predicted molar refractivity (Wildman–Crippen MR) is 35.8 cm³/mol. The molecule has 0 unspecified atom stereocenters. The predicted octanol–water partition coefficient (Wildman–Crippen LogP) is -1.82. The summed E-state index contributed by atoms with van der Waals surface area (Å²) in [5, 5.41) is 0. The first-order valence-electron chi connectivity index (χ1n) is 2.37. The van der Waals surface area contributed by atoms with Crippen molar-refractivity contribution in [3.63, 3.8) is 0 Å². The minimum atomic E-state index is -4.18. The molecule has 0 aliphatic heterocycles. The number of hydrogen-bond acceptors (Lipinski definition) is 4. The molecule has 0 saturated heterocycles. The van der Waals surface area contributed by atoms with E-state index in [1.54, 1.807) is 6.92 Å². The van der Waals surface area contributed by atoms with Crippen molar-refractivity contribution in [3.05, 3.63) is 0 Å². The van der Waals surface area contributed by atoms with Crippen LogP contribution in [0, 0.1) is 0 Å². The van der Waals surface area contributed by atoms with E-state index in [0.29, 0.717) is 6.42 Å². The van der Waals surface area contributed by atoms with E-state index in [2.05, 4.69) is 4.43 Å². The van der Waals surface area contributed by atoms with Gasteiger partial charge < -0.3 is 18.8 Å². The topological polar surface area (TPSA) is 69.9 Å². The van der Waals surface area contributed by atoms with Gasteiger partial charge in [0.2, 0.25) is 0 Å². The van der Waals surface area contributed by atoms with Gasteiger partial charge in [0, 0.05) is 6.61 Å². The third-order valence-corrected chi connectivity index (χ3v) is 1.09. The standard InChI is InChI=1S/C3H10O4Si.Li.H/c1-2-3-7-8(4,5)6;;/h4-6H,2-3H2,1H3;;. The second-order valence-electron chi connectivity index (χ2n) is 1.42. The van der Waals surface area contributed by atoms with Crippen molar-refractivity contribution in [2.45, 2.75) is 13.3 Å². The molecule has 52 valence electrons. The Bertz CT molecular complexity index is 63.3. The molecule has 0 aliphatic carbocycles. The van der Waals surface area contributed by atoms with Crippen LogP contribution in [0.3, 0.4) is 0 Å². The zero-order valence-corrected chi connectivity index (χ0v) is 5.66. The van der Waals surface area contributed by atoms with E-state index in [9.17, 15) is 0 Å². The molecule has 0 aromatic heterocycles. The Morgan fingerprint density at radius 2 is 1.78 bits per heavy atom. The van der Waals surface area contributed by atoms with Crippen LogP contribution in [0.25, 0.3) is 0 Å². The first-order valence-corrected chi connectivity index (χ1v) is 4.12. The van der Waals surface area contributed by atoms with Gasteiger partial charge in [0.25, 0.3) is 0 Å². The third-order valence-electron chi connectivity index (χ3n) is 0.500. The molecule has 0 aliphatic rings. The summed E-state index contributed by atoms with van der Waals surface area (Å²) in [6.45, 7) is 2.00. The summed E-state index contributed by atoms with van der Waals surface area (Å²) in [6, 6.07) is 0. The summed E-state index contributed by atoms with van der Waals surface area (Å²) in [7, 11) is -4.18. The van der Waals surface area contributed by atoms with E-state index < -0.39 is 9.05 Å². The van der Waals surface area contributed by atoms with Crippen LogP contribution in [0.15, 0.2) is 0 Å². The van der Waals surface area contributed by atoms with Crippen molar-refractivity contribution >= 4 is 27.9 Å². The molecular weight excluding hydrogens is 135 g/mol. The normalized spacial score (nSPS) is 10.7. The fourth-order valence-corrected chi connectivity index (χ4v) is 0.717. The second-order valence-corrected chi connectivity index (χ2v) is 2.86. The molecule has 0 amide bonds. The van der Waals surface area contributed by atoms with E-state index in [-0.39, 0.29) is 25.5 Å². The molecule has 4 nitrogen and oxygen atoms in total. The van der Waals surface area contributed by atoms with Gasteiger partial charge in [0.05, 0.1) is 0 Å². The Balaban J connectivity index is 0. The number of rotatable bonds is 3. The fourth-order valence-electron chi connectivity index (χ4n) is 0.239. The molecule has 0 saturated carbocycles. The van der Waals surface area contributed by atoms with E-state index in [1.807, 2.05) is 0 Å². The Kier molecular flexibility index (Phi) is 7.46. The molecule has 0 bridgehead atoms. The van der Waals surface area contributed by atoms with Gasteiger partial charge in [-0.3, -0.25) is 0 Å². The average molecular weight is 146 g/mol. The molecule has 0 spiro atoms. The van der Waals surface area contributed by atoms with Crippen molar-refractivity contribution in [3.8, 4) is 0 Å². The summed E-state index contributed by atoms with van der Waals surface area (Å²) >= 11 is 0. The maximum absolute atomic E-state index is 8.18. The van der Waals surface area contributed by atoms with Crippen molar-refractivity contribution < 1.29 is 18.8 Å².